The van der Waals surface area contributed by atoms with Crippen LogP contribution in [-0.2, 0) is 0 Å². The maximum atomic E-state index is 12.3. The van der Waals surface area contributed by atoms with Gasteiger partial charge in [-0.15, -0.1) is 0 Å². The first-order chi connectivity index (χ1) is 23.8. The second-order valence-electron chi connectivity index (χ2n) is 10.1. The Morgan fingerprint density at radius 3 is 1.22 bits per heavy atom. The number of hydrogen-bond acceptors (Lipinski definition) is 9. The molecule has 1 N–H and O–H groups in total. The van der Waals surface area contributed by atoms with E-state index >= 15 is 0 Å². The van der Waals surface area contributed by atoms with Crippen LogP contribution in [0.4, 0.5) is 4.79 Å². The SMILES string of the molecule is COc1cc(C=Cc2ccc(OC(=O)Oc3ccc(C=Cc4cc(OC)cc(OC)c4)cc3)cc2)cc(OC)c1.O=C(O)c1cccnc1. The van der Waals surface area contributed by atoms with E-state index in [2.05, 4.69) is 4.98 Å². The molecule has 0 saturated heterocycles. The van der Waals surface area contributed by atoms with Crippen molar-refractivity contribution in [3.05, 3.63) is 137 Å². The van der Waals surface area contributed by atoms with E-state index in [1.807, 2.05) is 85.0 Å². The van der Waals surface area contributed by atoms with Crippen LogP contribution in [0.2, 0.25) is 0 Å². The summed E-state index contributed by atoms with van der Waals surface area (Å²) in [6, 6.07) is 28.5. The Bertz CT molecular complexity index is 1730. The van der Waals surface area contributed by atoms with Crippen LogP contribution in [0.1, 0.15) is 32.6 Å². The van der Waals surface area contributed by atoms with E-state index in [0.29, 0.717) is 34.5 Å². The highest BCUT2D eigenvalue weighted by Gasteiger charge is 2.08. The third-order valence-corrected chi connectivity index (χ3v) is 6.76. The third kappa shape index (κ3) is 11.3. The van der Waals surface area contributed by atoms with Crippen molar-refractivity contribution in [1.29, 1.82) is 0 Å². The van der Waals surface area contributed by atoms with Gasteiger partial charge < -0.3 is 33.5 Å². The first-order valence-corrected chi connectivity index (χ1v) is 14.8. The summed E-state index contributed by atoms with van der Waals surface area (Å²) < 4.78 is 31.9. The lowest BCUT2D eigenvalue weighted by Crippen LogP contribution is -2.13. The summed E-state index contributed by atoms with van der Waals surface area (Å²) in [7, 11) is 6.45. The Morgan fingerprint density at radius 1 is 0.531 bits per heavy atom. The van der Waals surface area contributed by atoms with Crippen LogP contribution >= 0.6 is 0 Å². The van der Waals surface area contributed by atoms with Crippen LogP contribution in [0.25, 0.3) is 24.3 Å². The molecule has 0 fully saturated rings. The zero-order valence-electron chi connectivity index (χ0n) is 27.4. The average molecular weight is 662 g/mol. The van der Waals surface area contributed by atoms with Crippen LogP contribution in [0.15, 0.2) is 109 Å². The molecule has 0 amide bonds. The van der Waals surface area contributed by atoms with Gasteiger partial charge in [-0.2, -0.15) is 0 Å². The van der Waals surface area contributed by atoms with Gasteiger partial charge in [0.05, 0.1) is 34.0 Å². The molecule has 0 saturated carbocycles. The molecule has 0 aliphatic heterocycles. The molecule has 49 heavy (non-hydrogen) atoms. The largest absolute Gasteiger partial charge is 0.519 e. The molecule has 1 heterocycles. The van der Waals surface area contributed by atoms with E-state index < -0.39 is 12.1 Å². The van der Waals surface area contributed by atoms with Crippen molar-refractivity contribution in [1.82, 2.24) is 4.98 Å². The highest BCUT2D eigenvalue weighted by atomic mass is 16.7. The number of carboxylic acid groups (broad SMARTS) is 1. The third-order valence-electron chi connectivity index (χ3n) is 6.76. The quantitative estimate of drug-likeness (QED) is 0.0838. The second-order valence-corrected chi connectivity index (χ2v) is 10.1. The van der Waals surface area contributed by atoms with Crippen molar-refractivity contribution >= 4 is 36.4 Å². The number of aromatic nitrogens is 1. The van der Waals surface area contributed by atoms with E-state index in [0.717, 1.165) is 22.3 Å². The summed E-state index contributed by atoms with van der Waals surface area (Å²) in [6.07, 6.45) is 9.80. The molecule has 0 spiro atoms. The minimum absolute atomic E-state index is 0.220. The van der Waals surface area contributed by atoms with Crippen LogP contribution in [-0.4, -0.2) is 50.7 Å². The topological polar surface area (TPSA) is 123 Å². The average Bonchev–Trinajstić information content (AvgIpc) is 3.14. The maximum absolute atomic E-state index is 12.3. The number of carboxylic acids is 1. The lowest BCUT2D eigenvalue weighted by atomic mass is 10.1. The summed E-state index contributed by atoms with van der Waals surface area (Å²) in [5, 5.41) is 8.34. The first kappa shape index (κ1) is 35.3. The second kappa shape index (κ2) is 18.0. The number of nitrogens with zero attached hydrogens (tertiary/aromatic N) is 1. The van der Waals surface area contributed by atoms with Gasteiger partial charge in [0.25, 0.3) is 0 Å². The molecular formula is C39H35NO9. The molecule has 1 aromatic heterocycles. The molecule has 5 aromatic rings. The molecule has 250 valence electrons. The minimum atomic E-state index is -0.942. The number of rotatable bonds is 11. The summed E-state index contributed by atoms with van der Waals surface area (Å²) in [4.78, 5) is 26.1. The highest BCUT2D eigenvalue weighted by molar-refractivity contribution is 5.87. The van der Waals surface area contributed by atoms with Crippen LogP contribution in [0.3, 0.4) is 0 Å². The number of ether oxygens (including phenoxy) is 6. The van der Waals surface area contributed by atoms with Gasteiger partial charge in [-0.25, -0.2) is 9.59 Å². The van der Waals surface area contributed by atoms with E-state index in [1.54, 1.807) is 58.8 Å². The van der Waals surface area contributed by atoms with Gasteiger partial charge in [-0.3, -0.25) is 4.98 Å². The zero-order valence-corrected chi connectivity index (χ0v) is 27.4. The molecule has 5 rings (SSSR count). The summed E-state index contributed by atoms with van der Waals surface area (Å²) in [5.74, 6) is 2.64. The standard InChI is InChI=1S/C33H30O7.C6H5NO2/c1-35-29-17-25(18-30(21-29)36-2)7-5-23-9-13-27(14-10-23)39-33(34)40-28-15-11-24(12-16-28)6-8-26-19-31(37-3)22-32(20-26)38-4;8-6(9)5-2-1-3-7-4-5/h5-22H,1-4H3;1-4H,(H,8,9). The van der Waals surface area contributed by atoms with Crippen LogP contribution < -0.4 is 28.4 Å². The summed E-state index contributed by atoms with van der Waals surface area (Å²) in [6.45, 7) is 0. The number of carbonyl (C=O) groups excluding carboxylic acids is 1. The molecule has 0 unspecified atom stereocenters. The van der Waals surface area contributed by atoms with Crippen molar-refractivity contribution < 1.29 is 43.1 Å². The van der Waals surface area contributed by atoms with Crippen molar-refractivity contribution in [2.45, 2.75) is 0 Å². The monoisotopic (exact) mass is 661 g/mol. The molecule has 10 heteroatoms. The first-order valence-electron chi connectivity index (χ1n) is 14.8. The number of carbonyl (C=O) groups is 2. The molecule has 4 aromatic carbocycles. The van der Waals surface area contributed by atoms with Gasteiger partial charge in [-0.05, 0) is 82.9 Å². The van der Waals surface area contributed by atoms with Crippen molar-refractivity contribution in [2.24, 2.45) is 0 Å². The predicted octanol–water partition coefficient (Wildman–Crippen LogP) is 8.42. The van der Waals surface area contributed by atoms with Gasteiger partial charge in [-0.1, -0.05) is 48.6 Å². The highest BCUT2D eigenvalue weighted by Crippen LogP contribution is 2.26. The number of pyridine rings is 1. The van der Waals surface area contributed by atoms with Gasteiger partial charge in [0.15, 0.2) is 0 Å². The Morgan fingerprint density at radius 2 is 0.918 bits per heavy atom. The van der Waals surface area contributed by atoms with Crippen molar-refractivity contribution in [3.63, 3.8) is 0 Å². The zero-order chi connectivity index (χ0) is 35.0. The van der Waals surface area contributed by atoms with E-state index in [-0.39, 0.29) is 5.56 Å². The van der Waals surface area contributed by atoms with E-state index in [4.69, 9.17) is 33.5 Å². The van der Waals surface area contributed by atoms with E-state index in [9.17, 15) is 9.59 Å². The molecule has 0 aliphatic rings. The maximum Gasteiger partial charge on any atom is 0.519 e. The van der Waals surface area contributed by atoms with Gasteiger partial charge >= 0.3 is 12.1 Å². The minimum Gasteiger partial charge on any atom is -0.497 e. The van der Waals surface area contributed by atoms with Gasteiger partial charge in [0.1, 0.15) is 34.5 Å². The molecule has 0 bridgehead atoms. The fourth-order valence-electron chi connectivity index (χ4n) is 4.23. The van der Waals surface area contributed by atoms with Crippen molar-refractivity contribution in [2.75, 3.05) is 28.4 Å². The number of aromatic carboxylic acids is 1. The van der Waals surface area contributed by atoms with Gasteiger partial charge in [0, 0.05) is 24.5 Å². The molecular weight excluding hydrogens is 626 g/mol. The van der Waals surface area contributed by atoms with Crippen LogP contribution in [0, 0.1) is 0 Å². The smallest absolute Gasteiger partial charge is 0.497 e. The Kier molecular flexibility index (Phi) is 12.9. The Hall–Kier alpha value is -6.55. The van der Waals surface area contributed by atoms with Crippen LogP contribution in [0.5, 0.6) is 34.5 Å². The Labute approximate surface area is 284 Å². The molecule has 10 nitrogen and oxygen atoms in total. The summed E-state index contributed by atoms with van der Waals surface area (Å²) in [5.41, 5.74) is 3.94. The predicted molar refractivity (Wildman–Crippen MR) is 188 cm³/mol. The number of hydrogen-bond donors (Lipinski definition) is 1. The van der Waals surface area contributed by atoms with Gasteiger partial charge in [0.2, 0.25) is 0 Å². The molecule has 0 radical (unpaired) electrons. The fourth-order valence-corrected chi connectivity index (χ4v) is 4.23. The normalized spacial score (nSPS) is 10.5. The Balaban J connectivity index is 0.000000520. The van der Waals surface area contributed by atoms with E-state index in [1.165, 1.54) is 18.5 Å². The summed E-state index contributed by atoms with van der Waals surface area (Å²) >= 11 is 0. The molecule has 0 aliphatic carbocycles. The lowest BCUT2D eigenvalue weighted by Gasteiger charge is -2.07. The fraction of sp³-hybridized carbons (Fsp3) is 0.103. The number of methoxy groups -OCH3 is 4. The lowest BCUT2D eigenvalue weighted by molar-refractivity contribution is 0.0696. The molecule has 0 atom stereocenters. The number of benzene rings is 4. The van der Waals surface area contributed by atoms with Crippen molar-refractivity contribution in [3.8, 4) is 34.5 Å².